The Morgan fingerprint density at radius 2 is 1.89 bits per heavy atom. The number of carbonyl (C=O) groups is 2. The molecule has 0 bridgehead atoms. The molecule has 2 aliphatic rings. The summed E-state index contributed by atoms with van der Waals surface area (Å²) in [7, 11) is 1.39. The van der Waals surface area contributed by atoms with Crippen LogP contribution < -0.4 is 4.74 Å². The predicted octanol–water partition coefficient (Wildman–Crippen LogP) is -0.126. The minimum atomic E-state index is -1.62. The van der Waals surface area contributed by atoms with E-state index in [0.29, 0.717) is 11.1 Å². The first-order chi connectivity index (χ1) is 17.6. The molecule has 1 aromatic carbocycles. The zero-order chi connectivity index (χ0) is 27.3. The van der Waals surface area contributed by atoms with E-state index in [1.807, 2.05) is 0 Å². The van der Waals surface area contributed by atoms with Gasteiger partial charge in [0, 0.05) is 18.1 Å². The summed E-state index contributed by atoms with van der Waals surface area (Å²) in [6, 6.07) is 4.49. The number of hydrogen-bond acceptors (Lipinski definition) is 11. The van der Waals surface area contributed by atoms with Crippen molar-refractivity contribution in [3.05, 3.63) is 52.6 Å². The van der Waals surface area contributed by atoms with Gasteiger partial charge in [0.2, 0.25) is 0 Å². The fourth-order valence-corrected chi connectivity index (χ4v) is 4.12. The maximum Gasteiger partial charge on any atom is 0.336 e. The number of hydrogen-bond donors (Lipinski definition) is 6. The number of phenolic OH excluding ortho intramolecular Hbond substituents is 1. The number of carboxylic acids is 1. The molecular formula is C25H30O12. The Balaban J connectivity index is 1.70. The van der Waals surface area contributed by atoms with E-state index in [0.717, 1.165) is 6.08 Å². The zero-order valence-corrected chi connectivity index (χ0v) is 20.2. The second-order valence-corrected chi connectivity index (χ2v) is 8.54. The predicted molar refractivity (Wildman–Crippen MR) is 126 cm³/mol. The van der Waals surface area contributed by atoms with Crippen LogP contribution in [0.25, 0.3) is 6.08 Å². The van der Waals surface area contributed by atoms with Crippen LogP contribution >= 0.6 is 0 Å². The second kappa shape index (κ2) is 12.3. The van der Waals surface area contributed by atoms with Crippen molar-refractivity contribution in [1.29, 1.82) is 0 Å². The average molecular weight is 523 g/mol. The van der Waals surface area contributed by atoms with Crippen molar-refractivity contribution < 1.29 is 59.2 Å². The van der Waals surface area contributed by atoms with Crippen LogP contribution in [0, 0.1) is 0 Å². The maximum absolute atomic E-state index is 12.5. The summed E-state index contributed by atoms with van der Waals surface area (Å²) in [5.41, 5.74) is 1.18. The van der Waals surface area contributed by atoms with Crippen molar-refractivity contribution in [2.45, 2.75) is 50.2 Å². The van der Waals surface area contributed by atoms with E-state index in [2.05, 4.69) is 0 Å². The lowest BCUT2D eigenvalue weighted by Crippen LogP contribution is -2.59. The van der Waals surface area contributed by atoms with Crippen LogP contribution in [0.3, 0.4) is 0 Å². The maximum atomic E-state index is 12.5. The van der Waals surface area contributed by atoms with Gasteiger partial charge in [0.25, 0.3) is 0 Å². The number of aliphatic hydroxyl groups excluding tert-OH is 4. The van der Waals surface area contributed by atoms with Crippen LogP contribution in [0.5, 0.6) is 11.5 Å². The van der Waals surface area contributed by atoms with Gasteiger partial charge in [0.15, 0.2) is 17.8 Å². The molecule has 1 fully saturated rings. The van der Waals surface area contributed by atoms with Gasteiger partial charge in [-0.15, -0.1) is 0 Å². The zero-order valence-electron chi connectivity index (χ0n) is 20.2. The number of benzene rings is 1. The lowest BCUT2D eigenvalue weighted by molar-refractivity contribution is -0.298. The Hall–Kier alpha value is -3.26. The van der Waals surface area contributed by atoms with Crippen LogP contribution in [0.2, 0.25) is 0 Å². The van der Waals surface area contributed by atoms with Gasteiger partial charge in [-0.25, -0.2) is 9.59 Å². The van der Waals surface area contributed by atoms with Crippen molar-refractivity contribution in [3.8, 4) is 11.5 Å². The van der Waals surface area contributed by atoms with E-state index in [1.165, 1.54) is 31.4 Å². The smallest absolute Gasteiger partial charge is 0.336 e. The van der Waals surface area contributed by atoms with Crippen molar-refractivity contribution in [3.63, 3.8) is 0 Å². The van der Waals surface area contributed by atoms with Gasteiger partial charge in [-0.3, -0.25) is 0 Å². The minimum absolute atomic E-state index is 0.0394. The van der Waals surface area contributed by atoms with Gasteiger partial charge in [0.05, 0.1) is 25.9 Å². The highest BCUT2D eigenvalue weighted by atomic mass is 16.7. The third kappa shape index (κ3) is 6.55. The normalized spacial score (nSPS) is 29.2. The van der Waals surface area contributed by atoms with Crippen LogP contribution in [-0.2, 0) is 23.8 Å². The molecule has 1 aliphatic heterocycles. The number of methoxy groups -OCH3 is 1. The van der Waals surface area contributed by atoms with Gasteiger partial charge < -0.3 is 49.6 Å². The molecule has 0 radical (unpaired) electrons. The number of aliphatic hydroxyl groups is 4. The monoisotopic (exact) mass is 522 g/mol. The molecule has 1 heterocycles. The van der Waals surface area contributed by atoms with Crippen LogP contribution in [0.1, 0.15) is 18.9 Å². The van der Waals surface area contributed by atoms with Gasteiger partial charge in [0.1, 0.15) is 30.5 Å². The van der Waals surface area contributed by atoms with E-state index in [4.69, 9.17) is 18.9 Å². The van der Waals surface area contributed by atoms with Crippen LogP contribution in [0.15, 0.2) is 47.1 Å². The molecular weight excluding hydrogens is 492 g/mol. The molecule has 6 atom stereocenters. The largest absolute Gasteiger partial charge is 0.504 e. The first kappa shape index (κ1) is 28.3. The molecule has 12 heteroatoms. The Morgan fingerprint density at radius 3 is 2.54 bits per heavy atom. The topological polar surface area (TPSA) is 192 Å². The molecule has 0 aromatic heterocycles. The third-order valence-electron chi connectivity index (χ3n) is 6.05. The molecule has 6 N–H and O–H groups in total. The molecule has 202 valence electrons. The first-order valence-electron chi connectivity index (χ1n) is 11.4. The summed E-state index contributed by atoms with van der Waals surface area (Å²) in [4.78, 5) is 24.3. The molecule has 12 nitrogen and oxygen atoms in total. The quantitative estimate of drug-likeness (QED) is 0.186. The number of aliphatic carboxylic acids is 1. The standard InChI is InChI=1S/C25H30O12/c1-12-9-16(36-19(28)6-4-13-3-5-15(27)17(10-13)34-2)14(20(12)24(32)33)7-8-35-25-23(31)22(30)21(29)18(11-26)37-25/h3-7,10,16,18,21-23,25-27,29-31H,8-9,11H2,1-2H3,(H,32,33)/b6-4+,14-7+/t16?,18-,21-,22+,23-,25-/m1/s1. The highest BCUT2D eigenvalue weighted by molar-refractivity contribution is 5.95. The summed E-state index contributed by atoms with van der Waals surface area (Å²) in [6.45, 7) is 0.681. The second-order valence-electron chi connectivity index (χ2n) is 8.54. The lowest BCUT2D eigenvalue weighted by Gasteiger charge is -2.39. The highest BCUT2D eigenvalue weighted by Gasteiger charge is 2.44. The molecule has 3 rings (SSSR count). The third-order valence-corrected chi connectivity index (χ3v) is 6.05. The molecule has 1 unspecified atom stereocenters. The number of carbonyl (C=O) groups excluding carboxylic acids is 1. The number of rotatable bonds is 9. The number of phenols is 1. The lowest BCUT2D eigenvalue weighted by atomic mass is 9.99. The number of ether oxygens (including phenoxy) is 4. The van der Waals surface area contributed by atoms with E-state index in [9.17, 15) is 40.2 Å². The average Bonchev–Trinajstić information content (AvgIpc) is 3.17. The van der Waals surface area contributed by atoms with Crippen molar-refractivity contribution in [2.75, 3.05) is 20.3 Å². The Labute approximate surface area is 212 Å². The van der Waals surface area contributed by atoms with Crippen LogP contribution in [0.4, 0.5) is 0 Å². The summed E-state index contributed by atoms with van der Waals surface area (Å²) in [5, 5.41) is 58.5. The van der Waals surface area contributed by atoms with E-state index >= 15 is 0 Å². The first-order valence-corrected chi connectivity index (χ1v) is 11.4. The molecule has 0 saturated carbocycles. The molecule has 0 amide bonds. The Morgan fingerprint density at radius 1 is 1.16 bits per heavy atom. The van der Waals surface area contributed by atoms with Gasteiger partial charge in [-0.05, 0) is 30.7 Å². The summed E-state index contributed by atoms with van der Waals surface area (Å²) in [5.74, 6) is -1.79. The molecule has 1 aliphatic carbocycles. The molecule has 1 saturated heterocycles. The van der Waals surface area contributed by atoms with E-state index in [-0.39, 0.29) is 35.7 Å². The van der Waals surface area contributed by atoms with E-state index in [1.54, 1.807) is 13.0 Å². The van der Waals surface area contributed by atoms with Crippen molar-refractivity contribution in [2.24, 2.45) is 0 Å². The Kier molecular flexibility index (Phi) is 9.43. The fraction of sp³-hybridized carbons (Fsp3) is 0.440. The summed E-state index contributed by atoms with van der Waals surface area (Å²) in [6.07, 6.45) is -4.16. The summed E-state index contributed by atoms with van der Waals surface area (Å²) < 4.78 is 21.2. The number of esters is 1. The van der Waals surface area contributed by atoms with Gasteiger partial charge in [-0.2, -0.15) is 0 Å². The highest BCUT2D eigenvalue weighted by Crippen LogP contribution is 2.34. The summed E-state index contributed by atoms with van der Waals surface area (Å²) >= 11 is 0. The number of carboxylic acid groups (broad SMARTS) is 1. The van der Waals surface area contributed by atoms with Crippen LogP contribution in [-0.4, -0.2) is 99.7 Å². The SMILES string of the molecule is COc1cc(/C=C/C(=O)OC2CC(C)=C(C(=O)O)/C2=C/CO[C@@H]2O[C@H](CO)[C@@H](O)[C@H](O)[C@H]2O)ccc1O. The minimum Gasteiger partial charge on any atom is -0.504 e. The van der Waals surface area contributed by atoms with E-state index < -0.39 is 55.4 Å². The number of aromatic hydroxyl groups is 1. The van der Waals surface area contributed by atoms with Crippen molar-refractivity contribution in [1.82, 2.24) is 0 Å². The van der Waals surface area contributed by atoms with Gasteiger partial charge >= 0.3 is 11.9 Å². The molecule has 0 spiro atoms. The fourth-order valence-electron chi connectivity index (χ4n) is 4.12. The molecule has 1 aromatic rings. The Bertz CT molecular complexity index is 1090. The van der Waals surface area contributed by atoms with Gasteiger partial charge in [-0.1, -0.05) is 17.7 Å². The molecule has 37 heavy (non-hydrogen) atoms. The van der Waals surface area contributed by atoms with Crippen molar-refractivity contribution >= 4 is 18.0 Å².